The van der Waals surface area contributed by atoms with Crippen molar-refractivity contribution >= 4 is 22.5 Å². The molecule has 0 saturated heterocycles. The van der Waals surface area contributed by atoms with E-state index in [0.717, 1.165) is 23.1 Å². The molecule has 2 rings (SSSR count). The Morgan fingerprint density at radius 3 is 2.93 bits per heavy atom. The van der Waals surface area contributed by atoms with E-state index in [9.17, 15) is 0 Å². The van der Waals surface area contributed by atoms with Gasteiger partial charge in [0, 0.05) is 23.4 Å². The zero-order valence-corrected chi connectivity index (χ0v) is 9.41. The van der Waals surface area contributed by atoms with Crippen LogP contribution in [-0.4, -0.2) is 15.8 Å². The number of alkyl halides is 1. The van der Waals surface area contributed by atoms with Gasteiger partial charge in [0.1, 0.15) is 5.82 Å². The molecule has 0 amide bonds. The Labute approximate surface area is 94.3 Å². The van der Waals surface area contributed by atoms with E-state index in [0.29, 0.717) is 11.8 Å². The van der Waals surface area contributed by atoms with Crippen LogP contribution in [0.4, 0.5) is 0 Å². The van der Waals surface area contributed by atoms with Crippen molar-refractivity contribution in [1.82, 2.24) is 9.97 Å². The normalized spacial score (nSPS) is 12.9. The second-order valence-corrected chi connectivity index (χ2v) is 4.04. The zero-order chi connectivity index (χ0) is 10.7. The molecule has 1 heterocycles. The van der Waals surface area contributed by atoms with Crippen LogP contribution in [0.15, 0.2) is 30.5 Å². The minimum absolute atomic E-state index is 0.326. The Bertz CT molecular complexity index is 456. The Hall–Kier alpha value is -1.15. The van der Waals surface area contributed by atoms with Crippen LogP contribution in [0.2, 0.25) is 0 Å². The van der Waals surface area contributed by atoms with E-state index in [4.69, 9.17) is 11.6 Å². The highest BCUT2D eigenvalue weighted by Gasteiger charge is 2.08. The lowest BCUT2D eigenvalue weighted by atomic mass is 10.1. The average molecular weight is 221 g/mol. The van der Waals surface area contributed by atoms with Gasteiger partial charge in [-0.1, -0.05) is 25.1 Å². The van der Waals surface area contributed by atoms with Crippen LogP contribution in [0.1, 0.15) is 25.1 Å². The number of rotatable bonds is 3. The molecule has 0 radical (unpaired) electrons. The topological polar surface area (TPSA) is 25.8 Å². The van der Waals surface area contributed by atoms with Crippen LogP contribution in [0.5, 0.6) is 0 Å². The molecule has 0 saturated carbocycles. The summed E-state index contributed by atoms with van der Waals surface area (Å²) in [4.78, 5) is 8.88. The summed E-state index contributed by atoms with van der Waals surface area (Å²) in [5.74, 6) is 1.86. The van der Waals surface area contributed by atoms with Crippen molar-refractivity contribution in [3.8, 4) is 0 Å². The number of hydrogen-bond donors (Lipinski definition) is 0. The van der Waals surface area contributed by atoms with Gasteiger partial charge in [0.2, 0.25) is 0 Å². The van der Waals surface area contributed by atoms with Crippen LogP contribution in [0.25, 0.3) is 10.9 Å². The quantitative estimate of drug-likeness (QED) is 0.742. The van der Waals surface area contributed by atoms with E-state index in [1.54, 1.807) is 0 Å². The molecule has 1 unspecified atom stereocenters. The van der Waals surface area contributed by atoms with Crippen molar-refractivity contribution in [2.45, 2.75) is 19.3 Å². The highest BCUT2D eigenvalue weighted by Crippen LogP contribution is 2.18. The van der Waals surface area contributed by atoms with Crippen molar-refractivity contribution in [3.63, 3.8) is 0 Å². The number of fused-ring (bicyclic) bond motifs is 1. The van der Waals surface area contributed by atoms with Crippen LogP contribution in [0, 0.1) is 0 Å². The third kappa shape index (κ3) is 2.26. The fourth-order valence-electron chi connectivity index (χ4n) is 1.52. The molecule has 1 aromatic carbocycles. The Kier molecular flexibility index (Phi) is 3.17. The minimum Gasteiger partial charge on any atom is -0.240 e. The fourth-order valence-corrected chi connectivity index (χ4v) is 1.84. The number of benzene rings is 1. The molecule has 0 aliphatic rings. The molecule has 0 aliphatic carbocycles. The molecule has 1 aromatic heterocycles. The van der Waals surface area contributed by atoms with E-state index in [1.165, 1.54) is 0 Å². The van der Waals surface area contributed by atoms with Gasteiger partial charge in [-0.2, -0.15) is 0 Å². The van der Waals surface area contributed by atoms with E-state index >= 15 is 0 Å². The van der Waals surface area contributed by atoms with Gasteiger partial charge in [-0.25, -0.2) is 9.97 Å². The molecular weight excluding hydrogens is 208 g/mol. The molecule has 0 spiro atoms. The monoisotopic (exact) mass is 220 g/mol. The summed E-state index contributed by atoms with van der Waals surface area (Å²) in [5.41, 5.74) is 1.00. The second-order valence-electron chi connectivity index (χ2n) is 3.67. The smallest absolute Gasteiger partial charge is 0.131 e. The van der Waals surface area contributed by atoms with Crippen molar-refractivity contribution in [2.24, 2.45) is 0 Å². The number of hydrogen-bond acceptors (Lipinski definition) is 2. The van der Waals surface area contributed by atoms with Gasteiger partial charge in [0.15, 0.2) is 0 Å². The number of aromatic nitrogens is 2. The van der Waals surface area contributed by atoms with Crippen LogP contribution in [-0.2, 0) is 0 Å². The van der Waals surface area contributed by atoms with Gasteiger partial charge in [-0.3, -0.25) is 0 Å². The zero-order valence-electron chi connectivity index (χ0n) is 8.65. The van der Waals surface area contributed by atoms with Crippen molar-refractivity contribution in [1.29, 1.82) is 0 Å². The Morgan fingerprint density at radius 1 is 1.33 bits per heavy atom. The second kappa shape index (κ2) is 4.58. The number of nitrogens with zero attached hydrogens (tertiary/aromatic N) is 2. The summed E-state index contributed by atoms with van der Waals surface area (Å²) in [6.07, 6.45) is 2.79. The molecule has 0 N–H and O–H groups in total. The first-order chi connectivity index (χ1) is 7.31. The first-order valence-electron chi connectivity index (χ1n) is 5.09. The molecule has 3 heteroatoms. The maximum absolute atomic E-state index is 5.71. The highest BCUT2D eigenvalue weighted by atomic mass is 35.5. The molecule has 0 aliphatic heterocycles. The average Bonchev–Trinajstić information content (AvgIpc) is 2.29. The van der Waals surface area contributed by atoms with Gasteiger partial charge in [-0.15, -0.1) is 11.6 Å². The maximum Gasteiger partial charge on any atom is 0.131 e. The van der Waals surface area contributed by atoms with Gasteiger partial charge < -0.3 is 0 Å². The summed E-state index contributed by atoms with van der Waals surface area (Å²) in [6, 6.07) is 8.01. The highest BCUT2D eigenvalue weighted by molar-refractivity contribution is 6.17. The molecular formula is C12H13ClN2. The summed E-state index contributed by atoms with van der Waals surface area (Å²) < 4.78 is 0. The lowest BCUT2D eigenvalue weighted by molar-refractivity contribution is 0.687. The number of halogens is 1. The molecule has 1 atom stereocenters. The predicted molar refractivity (Wildman–Crippen MR) is 63.3 cm³/mol. The van der Waals surface area contributed by atoms with E-state index in [2.05, 4.69) is 16.9 Å². The van der Waals surface area contributed by atoms with E-state index in [1.807, 2.05) is 30.5 Å². The minimum atomic E-state index is 0.326. The van der Waals surface area contributed by atoms with Crippen molar-refractivity contribution in [2.75, 3.05) is 5.88 Å². The van der Waals surface area contributed by atoms with Crippen molar-refractivity contribution < 1.29 is 0 Å². The Balaban J connectivity index is 2.38. The Morgan fingerprint density at radius 2 is 2.13 bits per heavy atom. The summed E-state index contributed by atoms with van der Waals surface area (Å²) >= 11 is 5.71. The van der Waals surface area contributed by atoms with Gasteiger partial charge in [-0.05, 0) is 12.5 Å². The predicted octanol–water partition coefficient (Wildman–Crippen LogP) is 3.36. The SMILES string of the molecule is CC(CCCl)c1ncc2ccccc2n1. The molecule has 0 bridgehead atoms. The first-order valence-corrected chi connectivity index (χ1v) is 5.62. The summed E-state index contributed by atoms with van der Waals surface area (Å²) in [5, 5.41) is 1.08. The molecule has 78 valence electrons. The van der Waals surface area contributed by atoms with E-state index < -0.39 is 0 Å². The fraction of sp³-hybridized carbons (Fsp3) is 0.333. The third-order valence-electron chi connectivity index (χ3n) is 2.49. The van der Waals surface area contributed by atoms with Crippen molar-refractivity contribution in [3.05, 3.63) is 36.3 Å². The van der Waals surface area contributed by atoms with Crippen LogP contribution >= 0.6 is 11.6 Å². The third-order valence-corrected chi connectivity index (χ3v) is 2.71. The molecule has 2 nitrogen and oxygen atoms in total. The lowest BCUT2D eigenvalue weighted by Crippen LogP contribution is -2.01. The summed E-state index contributed by atoms with van der Waals surface area (Å²) in [6.45, 7) is 2.10. The van der Waals surface area contributed by atoms with Gasteiger partial charge in [0.25, 0.3) is 0 Å². The standard InChI is InChI=1S/C12H13ClN2/c1-9(6-7-13)12-14-8-10-4-2-3-5-11(10)15-12/h2-5,8-9H,6-7H2,1H3. The van der Waals surface area contributed by atoms with Gasteiger partial charge in [0.05, 0.1) is 5.52 Å². The number of para-hydroxylation sites is 1. The van der Waals surface area contributed by atoms with Crippen LogP contribution < -0.4 is 0 Å². The van der Waals surface area contributed by atoms with Gasteiger partial charge >= 0.3 is 0 Å². The summed E-state index contributed by atoms with van der Waals surface area (Å²) in [7, 11) is 0. The largest absolute Gasteiger partial charge is 0.240 e. The van der Waals surface area contributed by atoms with E-state index in [-0.39, 0.29) is 0 Å². The maximum atomic E-state index is 5.71. The molecule has 15 heavy (non-hydrogen) atoms. The molecule has 0 fully saturated rings. The first kappa shape index (κ1) is 10.4. The molecule has 2 aromatic rings. The van der Waals surface area contributed by atoms with Crippen LogP contribution in [0.3, 0.4) is 0 Å². The lowest BCUT2D eigenvalue weighted by Gasteiger charge is -2.08.